The summed E-state index contributed by atoms with van der Waals surface area (Å²) in [4.78, 5) is 22.2. The average Bonchev–Trinajstić information content (AvgIpc) is 3.08. The Balaban J connectivity index is 1.47. The number of nitrogen functional groups attached to an aromatic ring is 1. The van der Waals surface area contributed by atoms with E-state index in [9.17, 15) is 4.79 Å². The fraction of sp³-hybridized carbons (Fsp3) is 0.400. The van der Waals surface area contributed by atoms with E-state index in [1.165, 1.54) is 12.5 Å². The highest BCUT2D eigenvalue weighted by atomic mass is 16.3. The molecule has 7 nitrogen and oxygen atoms in total. The van der Waals surface area contributed by atoms with E-state index >= 15 is 0 Å². The lowest BCUT2D eigenvalue weighted by Crippen LogP contribution is -2.39. The first-order valence-electron chi connectivity index (χ1n) is 7.36. The van der Waals surface area contributed by atoms with Crippen LogP contribution in [-0.4, -0.2) is 35.5 Å². The van der Waals surface area contributed by atoms with Crippen LogP contribution < -0.4 is 16.0 Å². The molecule has 0 unspecified atom stereocenters. The number of hydrogen-bond acceptors (Lipinski definition) is 6. The molecule has 116 valence electrons. The van der Waals surface area contributed by atoms with Crippen molar-refractivity contribution in [2.45, 2.75) is 12.8 Å². The van der Waals surface area contributed by atoms with Gasteiger partial charge in [0.25, 0.3) is 5.91 Å². The molecule has 0 radical (unpaired) electrons. The second-order valence-corrected chi connectivity index (χ2v) is 5.43. The van der Waals surface area contributed by atoms with Crippen LogP contribution in [0.1, 0.15) is 23.2 Å². The van der Waals surface area contributed by atoms with Gasteiger partial charge in [0.1, 0.15) is 12.1 Å². The molecule has 0 aromatic carbocycles. The summed E-state index contributed by atoms with van der Waals surface area (Å²) in [6.45, 7) is 2.50. The number of hydrogen-bond donors (Lipinski definition) is 2. The van der Waals surface area contributed by atoms with Gasteiger partial charge in [-0.05, 0) is 30.9 Å². The zero-order valence-electron chi connectivity index (χ0n) is 12.2. The van der Waals surface area contributed by atoms with Crippen molar-refractivity contribution in [2.24, 2.45) is 5.92 Å². The summed E-state index contributed by atoms with van der Waals surface area (Å²) < 4.78 is 4.91. The summed E-state index contributed by atoms with van der Waals surface area (Å²) >= 11 is 0. The quantitative estimate of drug-likeness (QED) is 0.883. The Bertz CT molecular complexity index is 621. The predicted molar refractivity (Wildman–Crippen MR) is 82.4 cm³/mol. The lowest BCUT2D eigenvalue weighted by atomic mass is 9.96. The molecule has 0 atom stereocenters. The van der Waals surface area contributed by atoms with Crippen LogP contribution in [0.15, 0.2) is 35.3 Å². The Hall–Kier alpha value is -2.57. The van der Waals surface area contributed by atoms with E-state index in [2.05, 4.69) is 20.2 Å². The van der Waals surface area contributed by atoms with Crippen LogP contribution in [0.3, 0.4) is 0 Å². The van der Waals surface area contributed by atoms with Gasteiger partial charge in [-0.15, -0.1) is 0 Å². The molecule has 0 spiro atoms. The maximum absolute atomic E-state index is 11.9. The lowest BCUT2D eigenvalue weighted by molar-refractivity contribution is 0.0944. The van der Waals surface area contributed by atoms with Crippen molar-refractivity contribution in [3.05, 3.63) is 36.4 Å². The number of anilines is 2. The molecule has 1 aliphatic heterocycles. The van der Waals surface area contributed by atoms with E-state index in [4.69, 9.17) is 10.2 Å². The number of rotatable bonds is 4. The molecule has 3 N–H and O–H groups in total. The molecule has 3 rings (SSSR count). The number of furan rings is 1. The minimum absolute atomic E-state index is 0.0836. The maximum atomic E-state index is 11.9. The van der Waals surface area contributed by atoms with E-state index < -0.39 is 0 Å². The van der Waals surface area contributed by atoms with Crippen molar-refractivity contribution in [1.29, 1.82) is 0 Å². The van der Waals surface area contributed by atoms with E-state index in [1.807, 2.05) is 6.07 Å². The molecular formula is C15H19N5O2. The third-order valence-electron chi connectivity index (χ3n) is 3.93. The van der Waals surface area contributed by atoms with Crippen LogP contribution >= 0.6 is 0 Å². The minimum Gasteiger partial charge on any atom is -0.472 e. The largest absolute Gasteiger partial charge is 0.472 e. The van der Waals surface area contributed by atoms with E-state index in [-0.39, 0.29) is 5.91 Å². The Morgan fingerprint density at radius 1 is 1.41 bits per heavy atom. The number of carbonyl (C=O) groups is 1. The molecule has 0 bridgehead atoms. The molecule has 1 amide bonds. The van der Waals surface area contributed by atoms with Gasteiger partial charge in [-0.25, -0.2) is 4.98 Å². The first-order valence-corrected chi connectivity index (χ1v) is 7.36. The zero-order valence-corrected chi connectivity index (χ0v) is 12.2. The Morgan fingerprint density at radius 2 is 2.23 bits per heavy atom. The number of carbonyl (C=O) groups excluding carboxylic acids is 1. The normalized spacial score (nSPS) is 15.7. The summed E-state index contributed by atoms with van der Waals surface area (Å²) in [6.07, 6.45) is 6.65. The highest BCUT2D eigenvalue weighted by Gasteiger charge is 2.21. The predicted octanol–water partition coefficient (Wildman–Crippen LogP) is 1.30. The van der Waals surface area contributed by atoms with Gasteiger partial charge in [0, 0.05) is 25.8 Å². The summed E-state index contributed by atoms with van der Waals surface area (Å²) in [5.74, 6) is 1.56. The highest BCUT2D eigenvalue weighted by molar-refractivity contribution is 5.93. The molecule has 2 aromatic rings. The van der Waals surface area contributed by atoms with Crippen molar-refractivity contribution in [3.63, 3.8) is 0 Å². The number of nitrogens with one attached hydrogen (secondary N) is 1. The van der Waals surface area contributed by atoms with Gasteiger partial charge in [0.05, 0.1) is 11.8 Å². The van der Waals surface area contributed by atoms with Crippen molar-refractivity contribution < 1.29 is 9.21 Å². The first-order chi connectivity index (χ1) is 10.7. The van der Waals surface area contributed by atoms with Gasteiger partial charge in [-0.1, -0.05) is 0 Å². The topological polar surface area (TPSA) is 97.3 Å². The molecule has 0 saturated carbocycles. The van der Waals surface area contributed by atoms with Crippen LogP contribution in [-0.2, 0) is 0 Å². The van der Waals surface area contributed by atoms with E-state index in [0.29, 0.717) is 24.0 Å². The van der Waals surface area contributed by atoms with Crippen LogP contribution in [0.25, 0.3) is 0 Å². The number of nitrogens with zero attached hydrogens (tertiary/aromatic N) is 3. The van der Waals surface area contributed by atoms with Gasteiger partial charge < -0.3 is 20.4 Å². The molecule has 22 heavy (non-hydrogen) atoms. The number of amides is 1. The highest BCUT2D eigenvalue weighted by Crippen LogP contribution is 2.21. The summed E-state index contributed by atoms with van der Waals surface area (Å²) in [5, 5.41) is 2.96. The van der Waals surface area contributed by atoms with Gasteiger partial charge in [0.15, 0.2) is 0 Å². The lowest BCUT2D eigenvalue weighted by Gasteiger charge is -2.32. The molecule has 7 heteroatoms. The van der Waals surface area contributed by atoms with Crippen molar-refractivity contribution in [3.8, 4) is 0 Å². The Morgan fingerprint density at radius 3 is 2.91 bits per heavy atom. The zero-order chi connectivity index (χ0) is 15.4. The smallest absolute Gasteiger partial charge is 0.254 e. The fourth-order valence-electron chi connectivity index (χ4n) is 2.64. The second-order valence-electron chi connectivity index (χ2n) is 5.43. The standard InChI is InChI=1S/C15H19N5O2/c16-15-17-5-1-13(19-15)20-6-2-11(3-7-20)9-18-14(21)12-4-8-22-10-12/h1,4-5,8,10-11H,2-3,6-7,9H2,(H,18,21)(H2,16,17,19). The fourth-order valence-corrected chi connectivity index (χ4v) is 2.64. The number of piperidine rings is 1. The van der Waals surface area contributed by atoms with Gasteiger partial charge in [-0.3, -0.25) is 4.79 Å². The summed E-state index contributed by atoms with van der Waals surface area (Å²) in [7, 11) is 0. The maximum Gasteiger partial charge on any atom is 0.254 e. The minimum atomic E-state index is -0.0836. The average molecular weight is 301 g/mol. The molecule has 2 aromatic heterocycles. The molecule has 1 fully saturated rings. The van der Waals surface area contributed by atoms with Gasteiger partial charge >= 0.3 is 0 Å². The monoisotopic (exact) mass is 301 g/mol. The molecule has 1 saturated heterocycles. The molecule has 1 aliphatic rings. The third kappa shape index (κ3) is 3.36. The van der Waals surface area contributed by atoms with Gasteiger partial charge in [-0.2, -0.15) is 4.98 Å². The molecular weight excluding hydrogens is 282 g/mol. The third-order valence-corrected chi connectivity index (χ3v) is 3.93. The SMILES string of the molecule is Nc1nccc(N2CCC(CNC(=O)c3ccoc3)CC2)n1. The van der Waals surface area contributed by atoms with Crippen LogP contribution in [0.4, 0.5) is 11.8 Å². The van der Waals surface area contributed by atoms with Crippen molar-refractivity contribution >= 4 is 17.7 Å². The van der Waals surface area contributed by atoms with Crippen LogP contribution in [0, 0.1) is 5.92 Å². The second kappa shape index (κ2) is 6.46. The number of nitrogens with two attached hydrogens (primary N) is 1. The van der Waals surface area contributed by atoms with E-state index in [0.717, 1.165) is 31.7 Å². The Kier molecular flexibility index (Phi) is 4.22. The van der Waals surface area contributed by atoms with Crippen molar-refractivity contribution in [1.82, 2.24) is 15.3 Å². The Labute approximate surface area is 128 Å². The first kappa shape index (κ1) is 14.4. The summed E-state index contributed by atoms with van der Waals surface area (Å²) in [5.41, 5.74) is 6.18. The molecule has 3 heterocycles. The molecule has 0 aliphatic carbocycles. The van der Waals surface area contributed by atoms with Crippen molar-refractivity contribution in [2.75, 3.05) is 30.3 Å². The van der Waals surface area contributed by atoms with Crippen LogP contribution in [0.2, 0.25) is 0 Å². The van der Waals surface area contributed by atoms with E-state index in [1.54, 1.807) is 12.3 Å². The van der Waals surface area contributed by atoms with Gasteiger partial charge in [0.2, 0.25) is 5.95 Å². The number of aromatic nitrogens is 2. The van der Waals surface area contributed by atoms with Crippen LogP contribution in [0.5, 0.6) is 0 Å². The summed E-state index contributed by atoms with van der Waals surface area (Å²) in [6, 6.07) is 3.54.